The van der Waals surface area contributed by atoms with Gasteiger partial charge in [0.05, 0.1) is 11.4 Å². The maximum Gasteiger partial charge on any atom is 0.433 e. The first kappa shape index (κ1) is 21.9. The summed E-state index contributed by atoms with van der Waals surface area (Å²) in [6, 6.07) is 10.9. The molecular weight excluding hydrogens is 450 g/mol. The molecule has 6 nitrogen and oxygen atoms in total. The van der Waals surface area contributed by atoms with Gasteiger partial charge in [-0.15, -0.1) is 0 Å². The molecule has 0 radical (unpaired) electrons. The minimum absolute atomic E-state index is 0.0180. The van der Waals surface area contributed by atoms with E-state index in [-0.39, 0.29) is 29.9 Å². The smallest absolute Gasteiger partial charge is 0.433 e. The van der Waals surface area contributed by atoms with E-state index in [0.29, 0.717) is 17.1 Å². The Balaban J connectivity index is 1.43. The highest BCUT2D eigenvalue weighted by Crippen LogP contribution is 2.33. The van der Waals surface area contributed by atoms with Crippen LogP contribution >= 0.6 is 11.8 Å². The fourth-order valence-electron chi connectivity index (χ4n) is 2.84. The van der Waals surface area contributed by atoms with E-state index in [1.165, 1.54) is 12.1 Å². The number of alkyl halides is 3. The molecule has 0 saturated heterocycles. The number of ether oxygens (including phenoxy) is 2. The van der Waals surface area contributed by atoms with Gasteiger partial charge in [0.1, 0.15) is 11.5 Å². The van der Waals surface area contributed by atoms with Crippen LogP contribution in [0, 0.1) is 5.82 Å². The van der Waals surface area contributed by atoms with Gasteiger partial charge in [-0.1, -0.05) is 17.8 Å². The summed E-state index contributed by atoms with van der Waals surface area (Å²) in [6.07, 6.45) is -4.70. The summed E-state index contributed by atoms with van der Waals surface area (Å²) >= 11 is 0.773. The molecule has 0 bridgehead atoms. The monoisotopic (exact) mass is 465 g/mol. The molecule has 1 N–H and O–H groups in total. The number of benzene rings is 2. The number of halogens is 4. The van der Waals surface area contributed by atoms with Gasteiger partial charge in [-0.2, -0.15) is 13.2 Å². The topological polar surface area (TPSA) is 73.3 Å². The molecule has 1 aliphatic rings. The maximum atomic E-state index is 13.3. The maximum absolute atomic E-state index is 13.3. The fourth-order valence-corrected chi connectivity index (χ4v) is 3.52. The number of thioether (sulfide) groups is 1. The van der Waals surface area contributed by atoms with Gasteiger partial charge < -0.3 is 14.8 Å². The van der Waals surface area contributed by atoms with Gasteiger partial charge in [-0.3, -0.25) is 4.79 Å². The third-order valence-corrected chi connectivity index (χ3v) is 5.24. The number of rotatable bonds is 6. The molecule has 0 spiro atoms. The Bertz CT molecular complexity index is 1140. The van der Waals surface area contributed by atoms with Crippen LogP contribution in [0.4, 0.5) is 17.6 Å². The molecule has 32 heavy (non-hydrogen) atoms. The predicted octanol–water partition coefficient (Wildman–Crippen LogP) is 4.44. The van der Waals surface area contributed by atoms with Crippen LogP contribution in [0.3, 0.4) is 0 Å². The third-order valence-electron chi connectivity index (χ3n) is 4.40. The van der Waals surface area contributed by atoms with E-state index in [2.05, 4.69) is 15.3 Å². The number of aromatic nitrogens is 2. The van der Waals surface area contributed by atoms with Crippen molar-refractivity contribution >= 4 is 17.7 Å². The van der Waals surface area contributed by atoms with Gasteiger partial charge in [0, 0.05) is 12.1 Å². The molecule has 1 aliphatic heterocycles. The van der Waals surface area contributed by atoms with E-state index in [0.717, 1.165) is 35.5 Å². The van der Waals surface area contributed by atoms with Gasteiger partial charge in [0.15, 0.2) is 16.7 Å². The SMILES string of the molecule is O=C(CSc1nc(-c2ccc(F)cc2)cc(C(F)(F)F)n1)NCc1ccc2c(c1)OCO2. The number of hydrogen-bond donors (Lipinski definition) is 1. The van der Waals surface area contributed by atoms with E-state index in [4.69, 9.17) is 9.47 Å². The number of carbonyl (C=O) groups is 1. The minimum atomic E-state index is -4.70. The van der Waals surface area contributed by atoms with E-state index in [1.54, 1.807) is 18.2 Å². The van der Waals surface area contributed by atoms with Gasteiger partial charge >= 0.3 is 6.18 Å². The second-order valence-corrected chi connectivity index (χ2v) is 7.62. The molecule has 0 saturated carbocycles. The van der Waals surface area contributed by atoms with Crippen LogP contribution in [0.15, 0.2) is 53.7 Å². The van der Waals surface area contributed by atoms with Crippen molar-refractivity contribution in [1.29, 1.82) is 0 Å². The molecule has 3 aromatic rings. The zero-order chi connectivity index (χ0) is 22.7. The summed E-state index contributed by atoms with van der Waals surface area (Å²) in [5.74, 6) is 0.0880. The first-order valence-electron chi connectivity index (χ1n) is 9.28. The third kappa shape index (κ3) is 5.28. The lowest BCUT2D eigenvalue weighted by Gasteiger charge is -2.11. The molecule has 2 heterocycles. The van der Waals surface area contributed by atoms with Crippen molar-refractivity contribution in [2.75, 3.05) is 12.5 Å². The first-order valence-corrected chi connectivity index (χ1v) is 10.3. The Kier molecular flexibility index (Phi) is 6.17. The molecule has 1 amide bonds. The molecule has 166 valence electrons. The molecule has 0 aliphatic carbocycles. The number of amides is 1. The quantitative estimate of drug-likeness (QED) is 0.330. The van der Waals surface area contributed by atoms with E-state index >= 15 is 0 Å². The lowest BCUT2D eigenvalue weighted by molar-refractivity contribution is -0.141. The van der Waals surface area contributed by atoms with Crippen molar-refractivity contribution in [2.24, 2.45) is 0 Å². The highest BCUT2D eigenvalue weighted by atomic mass is 32.2. The van der Waals surface area contributed by atoms with Crippen LogP contribution < -0.4 is 14.8 Å². The summed E-state index contributed by atoms with van der Waals surface area (Å²) < 4.78 is 63.5. The standard InChI is InChI=1S/C21H15F4N3O3S/c22-14-4-2-13(3-5-14)15-8-18(21(23,24)25)28-20(27-15)32-10-19(29)26-9-12-1-6-16-17(7-12)31-11-30-16/h1-8H,9-11H2,(H,26,29). The molecule has 0 unspecified atom stereocenters. The van der Waals surface area contributed by atoms with E-state index in [9.17, 15) is 22.4 Å². The van der Waals surface area contributed by atoms with Crippen LogP contribution in [0.5, 0.6) is 11.5 Å². The summed E-state index contributed by atoms with van der Waals surface area (Å²) in [7, 11) is 0. The Labute approximate surface area is 184 Å². The van der Waals surface area contributed by atoms with Crippen LogP contribution in [0.2, 0.25) is 0 Å². The van der Waals surface area contributed by atoms with Crippen molar-refractivity contribution in [3.63, 3.8) is 0 Å². The fraction of sp³-hybridized carbons (Fsp3) is 0.190. The normalized spacial score (nSPS) is 12.6. The molecule has 0 fully saturated rings. The average molecular weight is 465 g/mol. The first-order chi connectivity index (χ1) is 15.3. The highest BCUT2D eigenvalue weighted by Gasteiger charge is 2.34. The zero-order valence-corrected chi connectivity index (χ0v) is 17.1. The molecule has 11 heteroatoms. The molecule has 1 aromatic heterocycles. The number of nitrogens with one attached hydrogen (secondary N) is 1. The van der Waals surface area contributed by atoms with Crippen LogP contribution in [-0.4, -0.2) is 28.4 Å². The van der Waals surface area contributed by atoms with Crippen LogP contribution in [0.1, 0.15) is 11.3 Å². The van der Waals surface area contributed by atoms with Crippen molar-refractivity contribution in [3.8, 4) is 22.8 Å². The van der Waals surface area contributed by atoms with Crippen molar-refractivity contribution < 1.29 is 31.8 Å². The van der Waals surface area contributed by atoms with Gasteiger partial charge in [-0.05, 0) is 48.0 Å². The van der Waals surface area contributed by atoms with E-state index in [1.807, 2.05) is 0 Å². The largest absolute Gasteiger partial charge is 0.454 e. The lowest BCUT2D eigenvalue weighted by Crippen LogP contribution is -2.24. The molecule has 4 rings (SSSR count). The summed E-state index contributed by atoms with van der Waals surface area (Å²) in [6.45, 7) is 0.346. The molecular formula is C21H15F4N3O3S. The summed E-state index contributed by atoms with van der Waals surface area (Å²) in [4.78, 5) is 19.8. The van der Waals surface area contributed by atoms with E-state index < -0.39 is 23.6 Å². The lowest BCUT2D eigenvalue weighted by atomic mass is 10.1. The molecule has 2 aromatic carbocycles. The second-order valence-electron chi connectivity index (χ2n) is 6.68. The summed E-state index contributed by atoms with van der Waals surface area (Å²) in [5.41, 5.74) is -0.0828. The van der Waals surface area contributed by atoms with Crippen LogP contribution in [-0.2, 0) is 17.5 Å². The number of carbonyl (C=O) groups excluding carboxylic acids is 1. The van der Waals surface area contributed by atoms with Gasteiger partial charge in [-0.25, -0.2) is 14.4 Å². The zero-order valence-electron chi connectivity index (χ0n) is 16.3. The average Bonchev–Trinajstić information content (AvgIpc) is 3.24. The Morgan fingerprint density at radius 2 is 1.78 bits per heavy atom. The molecule has 0 atom stereocenters. The number of fused-ring (bicyclic) bond motifs is 1. The Morgan fingerprint density at radius 1 is 1.03 bits per heavy atom. The van der Waals surface area contributed by atoms with Crippen molar-refractivity contribution in [3.05, 3.63) is 65.6 Å². The van der Waals surface area contributed by atoms with Crippen LogP contribution in [0.25, 0.3) is 11.3 Å². The minimum Gasteiger partial charge on any atom is -0.454 e. The van der Waals surface area contributed by atoms with Crippen molar-refractivity contribution in [2.45, 2.75) is 17.9 Å². The number of nitrogens with zero attached hydrogens (tertiary/aromatic N) is 2. The van der Waals surface area contributed by atoms with Gasteiger partial charge in [0.25, 0.3) is 0 Å². The number of hydrogen-bond acceptors (Lipinski definition) is 6. The highest BCUT2D eigenvalue weighted by molar-refractivity contribution is 7.99. The Hall–Kier alpha value is -3.34. The Morgan fingerprint density at radius 3 is 2.53 bits per heavy atom. The van der Waals surface area contributed by atoms with Crippen molar-refractivity contribution in [1.82, 2.24) is 15.3 Å². The predicted molar refractivity (Wildman–Crippen MR) is 108 cm³/mol. The summed E-state index contributed by atoms with van der Waals surface area (Å²) in [5, 5.41) is 2.47. The van der Waals surface area contributed by atoms with Gasteiger partial charge in [0.2, 0.25) is 12.7 Å². The second kappa shape index (κ2) is 9.03.